The van der Waals surface area contributed by atoms with Crippen molar-refractivity contribution in [3.05, 3.63) is 43.7 Å². The first kappa shape index (κ1) is 23.5. The summed E-state index contributed by atoms with van der Waals surface area (Å²) in [6, 6.07) is 0. The van der Waals surface area contributed by atoms with Crippen LogP contribution in [-0.2, 0) is 19.4 Å². The van der Waals surface area contributed by atoms with Crippen LogP contribution in [0.1, 0.15) is 59.3 Å². The van der Waals surface area contributed by atoms with Crippen molar-refractivity contribution in [1.82, 2.24) is 29.7 Å². The molecule has 0 aliphatic heterocycles. The van der Waals surface area contributed by atoms with Gasteiger partial charge in [-0.1, -0.05) is 13.8 Å². The van der Waals surface area contributed by atoms with Gasteiger partial charge in [0.25, 0.3) is 11.1 Å². The second-order valence-electron chi connectivity index (χ2n) is 6.55. The fourth-order valence-electron chi connectivity index (χ4n) is 2.80. The van der Waals surface area contributed by atoms with Gasteiger partial charge in [0.05, 0.1) is 13.2 Å². The van der Waals surface area contributed by atoms with Crippen molar-refractivity contribution in [2.45, 2.75) is 46.1 Å². The molecular formula is C18H24N6O7. The van der Waals surface area contributed by atoms with E-state index in [2.05, 4.69) is 25.0 Å². The monoisotopic (exact) mass is 436 g/mol. The molecule has 0 bridgehead atoms. The van der Waals surface area contributed by atoms with Crippen molar-refractivity contribution < 1.29 is 24.9 Å². The number of nitrogens with one attached hydrogen (secondary N) is 3. The fourth-order valence-corrected chi connectivity index (χ4v) is 2.80. The second-order valence-corrected chi connectivity index (χ2v) is 6.55. The first-order valence-electron chi connectivity index (χ1n) is 9.61. The Labute approximate surface area is 174 Å². The summed E-state index contributed by atoms with van der Waals surface area (Å²) in [6.07, 6.45) is 2.87. The van der Waals surface area contributed by atoms with Crippen molar-refractivity contribution >= 4 is 23.0 Å². The summed E-state index contributed by atoms with van der Waals surface area (Å²) in [7, 11) is 0. The Kier molecular flexibility index (Phi) is 7.85. The number of aliphatic hydroxyl groups excluding tert-OH is 1. The van der Waals surface area contributed by atoms with Gasteiger partial charge in [0.15, 0.2) is 16.9 Å². The van der Waals surface area contributed by atoms with Gasteiger partial charge in [-0.15, -0.1) is 0 Å². The third-order valence-corrected chi connectivity index (χ3v) is 4.13. The Morgan fingerprint density at radius 3 is 2.06 bits per heavy atom. The van der Waals surface area contributed by atoms with E-state index in [1.165, 1.54) is 0 Å². The molecule has 0 atom stereocenters. The number of carbonyl (C=O) groups is 2. The molecule has 168 valence electrons. The van der Waals surface area contributed by atoms with E-state index < -0.39 is 23.2 Å². The van der Waals surface area contributed by atoms with Crippen LogP contribution < -0.4 is 11.1 Å². The number of hydrogen-bond donors (Lipinski definition) is 6. The highest BCUT2D eigenvalue weighted by Crippen LogP contribution is 2.08. The average molecular weight is 436 g/mol. The number of aliphatic hydroxyl groups is 1. The zero-order chi connectivity index (χ0) is 23.1. The molecule has 0 aromatic carbocycles. The van der Waals surface area contributed by atoms with Crippen LogP contribution in [0.4, 0.5) is 0 Å². The Balaban J connectivity index is 0.000000225. The van der Waals surface area contributed by atoms with Crippen LogP contribution in [0.2, 0.25) is 0 Å². The molecule has 0 unspecified atom stereocenters. The maximum Gasteiger partial charge on any atom is 0.357 e. The minimum Gasteiger partial charge on any atom is -0.477 e. The van der Waals surface area contributed by atoms with Crippen LogP contribution in [0.25, 0.3) is 11.0 Å². The van der Waals surface area contributed by atoms with E-state index in [0.29, 0.717) is 24.5 Å². The molecule has 6 N–H and O–H groups in total. The molecule has 0 aliphatic carbocycles. The van der Waals surface area contributed by atoms with Crippen molar-refractivity contribution in [2.75, 3.05) is 6.61 Å². The van der Waals surface area contributed by atoms with E-state index in [1.807, 2.05) is 13.8 Å². The van der Waals surface area contributed by atoms with Crippen molar-refractivity contribution in [2.24, 2.45) is 0 Å². The van der Waals surface area contributed by atoms with Gasteiger partial charge in [-0.25, -0.2) is 24.2 Å². The van der Waals surface area contributed by atoms with Crippen LogP contribution in [0.3, 0.4) is 0 Å². The van der Waals surface area contributed by atoms with Crippen LogP contribution in [0, 0.1) is 0 Å². The largest absolute Gasteiger partial charge is 0.477 e. The standard InChI is InChI=1S/C10H14N4O3.C8H10N2O4/c1-2-3-6-11-7-8(12-6)10(17)14(4-5-15)13-9(7)16;1-2-3-4-9-5(7(11)12)6(10-4)8(13)14/h15H,2-5H2,1H3,(H,11,12)(H,13,16);2-3H2,1H3,(H,9,10)(H,11,12)(H,13,14). The number of hydrogen-bond acceptors (Lipinski definition) is 7. The number of aromatic nitrogens is 6. The number of carboxylic acid groups (broad SMARTS) is 2. The van der Waals surface area contributed by atoms with Gasteiger partial charge in [-0.05, 0) is 12.8 Å². The van der Waals surface area contributed by atoms with Crippen molar-refractivity contribution in [3.63, 3.8) is 0 Å². The van der Waals surface area contributed by atoms with Crippen LogP contribution in [0.5, 0.6) is 0 Å². The van der Waals surface area contributed by atoms with Gasteiger partial charge in [-0.2, -0.15) is 0 Å². The lowest BCUT2D eigenvalue weighted by Gasteiger charge is -2.01. The summed E-state index contributed by atoms with van der Waals surface area (Å²) >= 11 is 0. The lowest BCUT2D eigenvalue weighted by atomic mass is 10.3. The summed E-state index contributed by atoms with van der Waals surface area (Å²) in [5, 5.41) is 28.5. The molecule has 31 heavy (non-hydrogen) atoms. The first-order valence-corrected chi connectivity index (χ1v) is 9.61. The minimum absolute atomic E-state index is 0.0617. The molecule has 3 rings (SSSR count). The Hall–Kier alpha value is -3.74. The highest BCUT2D eigenvalue weighted by molar-refractivity contribution is 5.98. The molecular weight excluding hydrogens is 412 g/mol. The number of aromatic amines is 3. The summed E-state index contributed by atoms with van der Waals surface area (Å²) in [4.78, 5) is 57.9. The number of fused-ring (bicyclic) bond motifs is 1. The highest BCUT2D eigenvalue weighted by Gasteiger charge is 2.21. The average Bonchev–Trinajstić information content (AvgIpc) is 3.32. The second kappa shape index (κ2) is 10.3. The van der Waals surface area contributed by atoms with Gasteiger partial charge in [0, 0.05) is 12.8 Å². The molecule has 3 aromatic rings. The van der Waals surface area contributed by atoms with Gasteiger partial charge in [-0.3, -0.25) is 14.7 Å². The summed E-state index contributed by atoms with van der Waals surface area (Å²) in [5.74, 6) is -1.62. The van der Waals surface area contributed by atoms with Gasteiger partial charge in [0.1, 0.15) is 17.2 Å². The first-order chi connectivity index (χ1) is 14.7. The lowest BCUT2D eigenvalue weighted by molar-refractivity contribution is 0.0644. The predicted molar refractivity (Wildman–Crippen MR) is 109 cm³/mol. The SMILES string of the molecule is CCCc1nc(C(=O)O)c(C(=O)O)[nH]1.CCCc1nc2c(=O)[nH]n(CCO)c(=O)c2[nH]1. The molecule has 3 aromatic heterocycles. The van der Waals surface area contributed by atoms with Crippen LogP contribution in [-0.4, -0.2) is 63.6 Å². The zero-order valence-corrected chi connectivity index (χ0v) is 17.1. The summed E-state index contributed by atoms with van der Waals surface area (Å²) in [6.45, 7) is 3.73. The molecule has 13 nitrogen and oxygen atoms in total. The number of rotatable bonds is 8. The molecule has 3 heterocycles. The predicted octanol–water partition coefficient (Wildman–Crippen LogP) is 0.116. The lowest BCUT2D eigenvalue weighted by Crippen LogP contribution is -2.30. The van der Waals surface area contributed by atoms with Gasteiger partial charge >= 0.3 is 11.9 Å². The van der Waals surface area contributed by atoms with E-state index in [1.54, 1.807) is 0 Å². The molecule has 0 aliphatic rings. The number of nitrogens with zero attached hydrogens (tertiary/aromatic N) is 3. The number of imidazole rings is 2. The Bertz CT molecular complexity index is 1150. The summed E-state index contributed by atoms with van der Waals surface area (Å²) in [5.41, 5.74) is -1.25. The van der Waals surface area contributed by atoms with Gasteiger partial charge < -0.3 is 25.3 Å². The normalized spacial score (nSPS) is 10.7. The highest BCUT2D eigenvalue weighted by atomic mass is 16.4. The van der Waals surface area contributed by atoms with E-state index >= 15 is 0 Å². The molecule has 0 fully saturated rings. The maximum absolute atomic E-state index is 11.9. The minimum atomic E-state index is -1.33. The van der Waals surface area contributed by atoms with Crippen LogP contribution in [0.15, 0.2) is 9.59 Å². The third kappa shape index (κ3) is 5.45. The van der Waals surface area contributed by atoms with E-state index in [4.69, 9.17) is 15.3 Å². The maximum atomic E-state index is 11.9. The molecule has 0 radical (unpaired) electrons. The van der Waals surface area contributed by atoms with E-state index in [0.717, 1.165) is 17.5 Å². The topological polar surface area (TPSA) is 207 Å². The molecule has 13 heteroatoms. The fraction of sp³-hybridized carbons (Fsp3) is 0.444. The van der Waals surface area contributed by atoms with E-state index in [-0.39, 0.29) is 35.4 Å². The molecule has 0 saturated carbocycles. The number of aromatic carboxylic acids is 2. The Morgan fingerprint density at radius 1 is 0.968 bits per heavy atom. The number of carboxylic acids is 2. The van der Waals surface area contributed by atoms with E-state index in [9.17, 15) is 19.2 Å². The Morgan fingerprint density at radius 2 is 1.58 bits per heavy atom. The van der Waals surface area contributed by atoms with Crippen LogP contribution >= 0.6 is 0 Å². The summed E-state index contributed by atoms with van der Waals surface area (Å²) < 4.78 is 1.08. The number of aryl methyl sites for hydroxylation is 2. The molecule has 0 spiro atoms. The van der Waals surface area contributed by atoms with Crippen molar-refractivity contribution in [1.29, 1.82) is 0 Å². The molecule has 0 amide bonds. The quantitative estimate of drug-likeness (QED) is 0.283. The third-order valence-electron chi connectivity index (χ3n) is 4.13. The van der Waals surface area contributed by atoms with Crippen molar-refractivity contribution in [3.8, 4) is 0 Å². The molecule has 0 saturated heterocycles. The zero-order valence-electron chi connectivity index (χ0n) is 17.1. The smallest absolute Gasteiger partial charge is 0.357 e. The van der Waals surface area contributed by atoms with Gasteiger partial charge in [0.2, 0.25) is 0 Å². The number of H-pyrrole nitrogens is 3.